The maximum Gasteiger partial charge on any atom is 0.0635 e. The summed E-state index contributed by atoms with van der Waals surface area (Å²) in [5, 5.41) is 0. The number of benzene rings is 1. The fourth-order valence-electron chi connectivity index (χ4n) is 2.04. The van der Waals surface area contributed by atoms with E-state index in [1.54, 1.807) is 0 Å². The number of aliphatic imine (C=N–C) groups is 1. The van der Waals surface area contributed by atoms with Crippen LogP contribution in [-0.4, -0.2) is 6.21 Å². The Bertz CT molecular complexity index is 303. The quantitative estimate of drug-likeness (QED) is 0.386. The fraction of sp³-hybridized carbons (Fsp3) is 0.588. The van der Waals surface area contributed by atoms with Gasteiger partial charge >= 0.3 is 0 Å². The number of rotatable bonds is 10. The van der Waals surface area contributed by atoms with Crippen molar-refractivity contribution < 1.29 is 0 Å². The molecule has 1 aromatic rings. The van der Waals surface area contributed by atoms with E-state index in [0.29, 0.717) is 0 Å². The fourth-order valence-corrected chi connectivity index (χ4v) is 2.04. The molecule has 1 rings (SSSR count). The predicted molar refractivity (Wildman–Crippen MR) is 81.2 cm³/mol. The van der Waals surface area contributed by atoms with Crippen molar-refractivity contribution in [3.63, 3.8) is 0 Å². The Balaban J connectivity index is 1.91. The van der Waals surface area contributed by atoms with Crippen LogP contribution in [0, 0.1) is 0 Å². The number of unbranched alkanes of at least 4 members (excludes halogenated alkanes) is 7. The zero-order chi connectivity index (χ0) is 12.9. The molecule has 0 amide bonds. The zero-order valence-electron chi connectivity index (χ0n) is 11.8. The van der Waals surface area contributed by atoms with E-state index >= 15 is 0 Å². The molecule has 0 aliphatic rings. The summed E-state index contributed by atoms with van der Waals surface area (Å²) in [4.78, 5) is 4.46. The summed E-state index contributed by atoms with van der Waals surface area (Å²) in [6.45, 7) is 3.10. The highest BCUT2D eigenvalue weighted by Gasteiger charge is 1.90. The van der Waals surface area contributed by atoms with Crippen molar-refractivity contribution in [2.45, 2.75) is 64.8 Å². The van der Waals surface area contributed by atoms with Gasteiger partial charge in [0.1, 0.15) is 0 Å². The standard InChI is InChI=1S/C17H27N/c1-2-3-4-5-6-7-8-12-15-18-16-17-13-10-9-11-14-17/h9-11,13-15H,2-8,12,16H2,1H3. The Labute approximate surface area is 112 Å². The third kappa shape index (κ3) is 8.05. The van der Waals surface area contributed by atoms with Gasteiger partial charge in [0.2, 0.25) is 0 Å². The molecule has 0 bridgehead atoms. The molecular weight excluding hydrogens is 218 g/mol. The average Bonchev–Trinajstić information content (AvgIpc) is 2.42. The maximum atomic E-state index is 4.46. The number of nitrogens with zero attached hydrogens (tertiary/aromatic N) is 1. The van der Waals surface area contributed by atoms with Gasteiger partial charge < -0.3 is 0 Å². The van der Waals surface area contributed by atoms with E-state index in [2.05, 4.69) is 42.4 Å². The van der Waals surface area contributed by atoms with Gasteiger partial charge in [-0.15, -0.1) is 0 Å². The van der Waals surface area contributed by atoms with E-state index in [1.165, 1.54) is 50.5 Å². The maximum absolute atomic E-state index is 4.46. The van der Waals surface area contributed by atoms with Crippen molar-refractivity contribution in [3.8, 4) is 0 Å². The van der Waals surface area contributed by atoms with Crippen molar-refractivity contribution in [1.82, 2.24) is 0 Å². The molecule has 0 heterocycles. The van der Waals surface area contributed by atoms with Crippen molar-refractivity contribution >= 4 is 6.21 Å². The Morgan fingerprint density at radius 3 is 2.28 bits per heavy atom. The molecule has 100 valence electrons. The Morgan fingerprint density at radius 1 is 0.889 bits per heavy atom. The summed E-state index contributed by atoms with van der Waals surface area (Å²) in [6, 6.07) is 10.4. The highest BCUT2D eigenvalue weighted by atomic mass is 14.7. The monoisotopic (exact) mass is 245 g/mol. The van der Waals surface area contributed by atoms with Crippen LogP contribution in [0.4, 0.5) is 0 Å². The van der Waals surface area contributed by atoms with Gasteiger partial charge in [0.25, 0.3) is 0 Å². The molecule has 0 aliphatic heterocycles. The third-order valence-electron chi connectivity index (χ3n) is 3.18. The average molecular weight is 245 g/mol. The smallest absolute Gasteiger partial charge is 0.0635 e. The van der Waals surface area contributed by atoms with Gasteiger partial charge in [0, 0.05) is 0 Å². The van der Waals surface area contributed by atoms with Crippen LogP contribution in [0.1, 0.15) is 63.9 Å². The van der Waals surface area contributed by atoms with E-state index in [-0.39, 0.29) is 0 Å². The van der Waals surface area contributed by atoms with Crippen LogP contribution in [-0.2, 0) is 6.54 Å². The Hall–Kier alpha value is -1.11. The molecule has 0 radical (unpaired) electrons. The number of hydrogen-bond acceptors (Lipinski definition) is 1. The van der Waals surface area contributed by atoms with Crippen LogP contribution in [0.15, 0.2) is 35.3 Å². The summed E-state index contributed by atoms with van der Waals surface area (Å²) in [6.07, 6.45) is 12.9. The molecule has 18 heavy (non-hydrogen) atoms. The van der Waals surface area contributed by atoms with Crippen LogP contribution in [0.25, 0.3) is 0 Å². The lowest BCUT2D eigenvalue weighted by atomic mass is 10.1. The molecule has 0 saturated carbocycles. The number of hydrogen-bond donors (Lipinski definition) is 0. The first kappa shape index (κ1) is 14.9. The van der Waals surface area contributed by atoms with E-state index in [4.69, 9.17) is 0 Å². The van der Waals surface area contributed by atoms with Gasteiger partial charge in [-0.2, -0.15) is 0 Å². The molecular formula is C17H27N. The summed E-state index contributed by atoms with van der Waals surface area (Å²) in [5.41, 5.74) is 1.30. The van der Waals surface area contributed by atoms with E-state index < -0.39 is 0 Å². The third-order valence-corrected chi connectivity index (χ3v) is 3.18. The largest absolute Gasteiger partial charge is 0.293 e. The van der Waals surface area contributed by atoms with Gasteiger partial charge in [-0.3, -0.25) is 4.99 Å². The topological polar surface area (TPSA) is 12.4 Å². The lowest BCUT2D eigenvalue weighted by Gasteiger charge is -1.99. The summed E-state index contributed by atoms with van der Waals surface area (Å²) in [7, 11) is 0. The summed E-state index contributed by atoms with van der Waals surface area (Å²) >= 11 is 0. The van der Waals surface area contributed by atoms with Crippen LogP contribution < -0.4 is 0 Å². The molecule has 1 nitrogen and oxygen atoms in total. The Morgan fingerprint density at radius 2 is 1.56 bits per heavy atom. The predicted octanol–water partition coefficient (Wildman–Crippen LogP) is 5.40. The molecule has 0 fully saturated rings. The molecule has 0 unspecified atom stereocenters. The second-order valence-corrected chi connectivity index (χ2v) is 4.92. The molecule has 1 heteroatoms. The molecule has 1 aromatic carbocycles. The van der Waals surface area contributed by atoms with E-state index in [0.717, 1.165) is 13.0 Å². The minimum atomic E-state index is 0.831. The van der Waals surface area contributed by atoms with E-state index in [1.807, 2.05) is 6.07 Å². The van der Waals surface area contributed by atoms with Crippen LogP contribution in [0.3, 0.4) is 0 Å². The molecule has 0 aliphatic carbocycles. The lowest BCUT2D eigenvalue weighted by Crippen LogP contribution is -1.83. The first-order valence-electron chi connectivity index (χ1n) is 7.45. The SMILES string of the molecule is CCCCCCCCCC=NCc1ccccc1. The van der Waals surface area contributed by atoms with E-state index in [9.17, 15) is 0 Å². The normalized spacial score (nSPS) is 11.2. The minimum absolute atomic E-state index is 0.831. The van der Waals surface area contributed by atoms with Crippen molar-refractivity contribution in [3.05, 3.63) is 35.9 Å². The second kappa shape index (κ2) is 11.0. The second-order valence-electron chi connectivity index (χ2n) is 4.92. The van der Waals surface area contributed by atoms with Gasteiger partial charge in [-0.25, -0.2) is 0 Å². The first-order chi connectivity index (χ1) is 8.93. The highest BCUT2D eigenvalue weighted by Crippen LogP contribution is 2.07. The molecule has 0 aromatic heterocycles. The van der Waals surface area contributed by atoms with Gasteiger partial charge in [0.05, 0.1) is 6.54 Å². The van der Waals surface area contributed by atoms with Crippen molar-refractivity contribution in [2.75, 3.05) is 0 Å². The van der Waals surface area contributed by atoms with Gasteiger partial charge in [0.15, 0.2) is 0 Å². The summed E-state index contributed by atoms with van der Waals surface area (Å²) in [5.74, 6) is 0. The van der Waals surface area contributed by atoms with Crippen LogP contribution in [0.5, 0.6) is 0 Å². The molecule has 0 N–H and O–H groups in total. The van der Waals surface area contributed by atoms with Gasteiger partial charge in [-0.1, -0.05) is 75.8 Å². The first-order valence-corrected chi connectivity index (χ1v) is 7.45. The molecule has 0 atom stereocenters. The molecule has 0 saturated heterocycles. The van der Waals surface area contributed by atoms with Crippen LogP contribution in [0.2, 0.25) is 0 Å². The highest BCUT2D eigenvalue weighted by molar-refractivity contribution is 5.57. The minimum Gasteiger partial charge on any atom is -0.293 e. The molecule has 0 spiro atoms. The zero-order valence-corrected chi connectivity index (χ0v) is 11.8. The van der Waals surface area contributed by atoms with Crippen molar-refractivity contribution in [1.29, 1.82) is 0 Å². The van der Waals surface area contributed by atoms with Crippen molar-refractivity contribution in [2.24, 2.45) is 4.99 Å². The van der Waals surface area contributed by atoms with Crippen LogP contribution >= 0.6 is 0 Å². The van der Waals surface area contributed by atoms with Gasteiger partial charge in [-0.05, 0) is 24.6 Å². The summed E-state index contributed by atoms with van der Waals surface area (Å²) < 4.78 is 0. The Kier molecular flexibility index (Phi) is 9.14. The lowest BCUT2D eigenvalue weighted by molar-refractivity contribution is 0.596.